The highest BCUT2D eigenvalue weighted by Gasteiger charge is 2.23. The average molecular weight is 377 g/mol. The molecule has 2 aromatic rings. The monoisotopic (exact) mass is 376 g/mol. The van der Waals surface area contributed by atoms with E-state index < -0.39 is 0 Å². The van der Waals surface area contributed by atoms with Gasteiger partial charge in [-0.3, -0.25) is 9.69 Å². The van der Waals surface area contributed by atoms with Crippen molar-refractivity contribution in [2.45, 2.75) is 25.9 Å². The lowest BCUT2D eigenvalue weighted by Gasteiger charge is -2.19. The summed E-state index contributed by atoms with van der Waals surface area (Å²) in [5.74, 6) is -0.0504. The number of benzene rings is 2. The number of nitrogens with one attached hydrogen (secondary N) is 2. The van der Waals surface area contributed by atoms with Crippen molar-refractivity contribution < 1.29 is 4.79 Å². The smallest absolute Gasteiger partial charge is 0.221 e. The molecule has 0 aromatic heterocycles. The number of hydrogen-bond acceptors (Lipinski definition) is 4. The zero-order chi connectivity index (χ0) is 19.9. The topological polar surface area (TPSA) is 70.4 Å². The summed E-state index contributed by atoms with van der Waals surface area (Å²) >= 11 is 0. The van der Waals surface area contributed by atoms with Gasteiger partial charge in [0.05, 0.1) is 0 Å². The fourth-order valence-corrected chi connectivity index (χ4v) is 3.64. The standard InChI is InChI=1S/C23H28N4O/c1-3-19-5-4-6-23(22(19)11-13-24)26-21-12-14-27(16-21)15-18-7-9-20(10-8-18)25-17(2)28/h3-11,13,21,26H,1,12,14-16,24H2,2H3,(H,25,28)/b13-11-. The molecule has 1 fully saturated rings. The van der Waals surface area contributed by atoms with E-state index in [2.05, 4.69) is 40.3 Å². The molecule has 0 radical (unpaired) electrons. The van der Waals surface area contributed by atoms with E-state index >= 15 is 0 Å². The van der Waals surface area contributed by atoms with Crippen LogP contribution in [0.25, 0.3) is 12.2 Å². The third-order valence-corrected chi connectivity index (χ3v) is 4.94. The van der Waals surface area contributed by atoms with Crippen molar-refractivity contribution in [2.24, 2.45) is 5.73 Å². The number of carbonyl (C=O) groups is 1. The van der Waals surface area contributed by atoms with E-state index in [-0.39, 0.29) is 5.91 Å². The number of anilines is 2. The van der Waals surface area contributed by atoms with Gasteiger partial charge in [0.2, 0.25) is 5.91 Å². The zero-order valence-corrected chi connectivity index (χ0v) is 16.3. The molecule has 3 rings (SSSR count). The van der Waals surface area contributed by atoms with Gasteiger partial charge in [-0.2, -0.15) is 0 Å². The van der Waals surface area contributed by atoms with Crippen LogP contribution >= 0.6 is 0 Å². The highest BCUT2D eigenvalue weighted by Crippen LogP contribution is 2.25. The molecule has 0 saturated carbocycles. The molecule has 1 heterocycles. The normalized spacial score (nSPS) is 17.0. The molecule has 146 valence electrons. The molecule has 1 unspecified atom stereocenters. The molecule has 4 N–H and O–H groups in total. The summed E-state index contributed by atoms with van der Waals surface area (Å²) in [5.41, 5.74) is 10.9. The second-order valence-corrected chi connectivity index (χ2v) is 7.11. The van der Waals surface area contributed by atoms with E-state index in [4.69, 9.17) is 5.73 Å². The van der Waals surface area contributed by atoms with Gasteiger partial charge in [-0.1, -0.05) is 36.9 Å². The molecular weight excluding hydrogens is 348 g/mol. The van der Waals surface area contributed by atoms with Gasteiger partial charge in [0.15, 0.2) is 0 Å². The minimum Gasteiger partial charge on any atom is -0.405 e. The molecule has 1 amide bonds. The van der Waals surface area contributed by atoms with E-state index in [0.717, 1.165) is 48.6 Å². The maximum atomic E-state index is 11.1. The minimum absolute atomic E-state index is 0.0504. The Hall–Kier alpha value is -3.05. The molecular formula is C23H28N4O. The van der Waals surface area contributed by atoms with Gasteiger partial charge in [0.25, 0.3) is 0 Å². The molecule has 1 aliphatic heterocycles. The van der Waals surface area contributed by atoms with E-state index in [1.165, 1.54) is 12.5 Å². The van der Waals surface area contributed by atoms with Crippen LogP contribution in [-0.2, 0) is 11.3 Å². The van der Waals surface area contributed by atoms with Crippen LogP contribution in [0.2, 0.25) is 0 Å². The van der Waals surface area contributed by atoms with Gasteiger partial charge < -0.3 is 16.4 Å². The first-order valence-electron chi connectivity index (χ1n) is 9.58. The van der Waals surface area contributed by atoms with Crippen LogP contribution in [0.1, 0.15) is 30.0 Å². The molecule has 5 heteroatoms. The highest BCUT2D eigenvalue weighted by atomic mass is 16.1. The van der Waals surface area contributed by atoms with E-state index in [1.54, 1.807) is 6.20 Å². The number of carbonyl (C=O) groups excluding carboxylic acids is 1. The van der Waals surface area contributed by atoms with Gasteiger partial charge in [0, 0.05) is 49.5 Å². The number of nitrogens with zero attached hydrogens (tertiary/aromatic N) is 1. The van der Waals surface area contributed by atoms with Crippen molar-refractivity contribution in [3.63, 3.8) is 0 Å². The first-order valence-corrected chi connectivity index (χ1v) is 9.58. The highest BCUT2D eigenvalue weighted by molar-refractivity contribution is 5.88. The van der Waals surface area contributed by atoms with Crippen molar-refractivity contribution in [1.82, 2.24) is 4.90 Å². The molecule has 1 aliphatic rings. The summed E-state index contributed by atoms with van der Waals surface area (Å²) in [6.07, 6.45) is 6.43. The molecule has 1 atom stereocenters. The summed E-state index contributed by atoms with van der Waals surface area (Å²) in [5, 5.41) is 6.47. The number of likely N-dealkylation sites (tertiary alicyclic amines) is 1. The second kappa shape index (κ2) is 9.24. The lowest BCUT2D eigenvalue weighted by molar-refractivity contribution is -0.114. The zero-order valence-electron chi connectivity index (χ0n) is 16.3. The Kier molecular flexibility index (Phi) is 6.50. The summed E-state index contributed by atoms with van der Waals surface area (Å²) < 4.78 is 0. The van der Waals surface area contributed by atoms with Crippen molar-refractivity contribution in [3.8, 4) is 0 Å². The van der Waals surface area contributed by atoms with Crippen molar-refractivity contribution in [2.75, 3.05) is 23.7 Å². The summed E-state index contributed by atoms with van der Waals surface area (Å²) in [4.78, 5) is 13.6. The SMILES string of the molecule is C=Cc1cccc(NC2CCN(Cc3ccc(NC(C)=O)cc3)C2)c1/C=C\N. The third-order valence-electron chi connectivity index (χ3n) is 4.94. The lowest BCUT2D eigenvalue weighted by Crippen LogP contribution is -2.26. The minimum atomic E-state index is -0.0504. The fourth-order valence-electron chi connectivity index (χ4n) is 3.64. The van der Waals surface area contributed by atoms with Gasteiger partial charge >= 0.3 is 0 Å². The third kappa shape index (κ3) is 5.02. The quantitative estimate of drug-likeness (QED) is 0.685. The molecule has 28 heavy (non-hydrogen) atoms. The largest absolute Gasteiger partial charge is 0.405 e. The van der Waals surface area contributed by atoms with Crippen LogP contribution in [0.4, 0.5) is 11.4 Å². The number of rotatable bonds is 7. The van der Waals surface area contributed by atoms with Gasteiger partial charge in [-0.15, -0.1) is 0 Å². The molecule has 0 aliphatic carbocycles. The maximum absolute atomic E-state index is 11.1. The van der Waals surface area contributed by atoms with Crippen LogP contribution in [-0.4, -0.2) is 29.9 Å². The second-order valence-electron chi connectivity index (χ2n) is 7.11. The first-order chi connectivity index (χ1) is 13.6. The molecule has 0 bridgehead atoms. The van der Waals surface area contributed by atoms with Gasteiger partial charge in [-0.05, 0) is 48.0 Å². The van der Waals surface area contributed by atoms with Crippen molar-refractivity contribution >= 4 is 29.4 Å². The van der Waals surface area contributed by atoms with Gasteiger partial charge in [-0.25, -0.2) is 0 Å². The predicted molar refractivity (Wildman–Crippen MR) is 118 cm³/mol. The Morgan fingerprint density at radius 3 is 2.75 bits per heavy atom. The van der Waals surface area contributed by atoms with E-state index in [9.17, 15) is 4.79 Å². The Balaban J connectivity index is 1.60. The molecule has 5 nitrogen and oxygen atoms in total. The Morgan fingerprint density at radius 2 is 2.07 bits per heavy atom. The molecule has 2 aromatic carbocycles. The Labute approximate surface area is 166 Å². The summed E-state index contributed by atoms with van der Waals surface area (Å²) in [7, 11) is 0. The fraction of sp³-hybridized carbons (Fsp3) is 0.261. The van der Waals surface area contributed by atoms with Crippen molar-refractivity contribution in [3.05, 3.63) is 71.9 Å². The van der Waals surface area contributed by atoms with Crippen LogP contribution in [0.5, 0.6) is 0 Å². The summed E-state index contributed by atoms with van der Waals surface area (Å²) in [6, 6.07) is 14.6. The van der Waals surface area contributed by atoms with Gasteiger partial charge in [0.1, 0.15) is 0 Å². The number of amides is 1. The molecule has 1 saturated heterocycles. The Bertz CT molecular complexity index is 857. The predicted octanol–water partition coefficient (Wildman–Crippen LogP) is 3.90. The number of hydrogen-bond donors (Lipinski definition) is 3. The van der Waals surface area contributed by atoms with E-state index in [0.29, 0.717) is 6.04 Å². The maximum Gasteiger partial charge on any atom is 0.221 e. The van der Waals surface area contributed by atoms with Crippen LogP contribution in [0.3, 0.4) is 0 Å². The number of nitrogens with two attached hydrogens (primary N) is 1. The summed E-state index contributed by atoms with van der Waals surface area (Å²) in [6.45, 7) is 8.35. The van der Waals surface area contributed by atoms with Crippen LogP contribution in [0.15, 0.2) is 55.2 Å². The molecule has 0 spiro atoms. The average Bonchev–Trinajstić information content (AvgIpc) is 3.11. The Morgan fingerprint density at radius 1 is 1.29 bits per heavy atom. The van der Waals surface area contributed by atoms with Crippen LogP contribution < -0.4 is 16.4 Å². The van der Waals surface area contributed by atoms with Crippen LogP contribution in [0, 0.1) is 0 Å². The first kappa shape index (κ1) is 19.7. The van der Waals surface area contributed by atoms with E-state index in [1.807, 2.05) is 36.4 Å². The van der Waals surface area contributed by atoms with Crippen molar-refractivity contribution in [1.29, 1.82) is 0 Å². The lowest BCUT2D eigenvalue weighted by atomic mass is 10.0.